The van der Waals surface area contributed by atoms with Gasteiger partial charge in [0.1, 0.15) is 0 Å². The molecule has 0 amide bonds. The molecular formula is C18H33N3. The number of nitrogens with one attached hydrogen (secondary N) is 1. The summed E-state index contributed by atoms with van der Waals surface area (Å²) in [7, 11) is 4.28. The van der Waals surface area contributed by atoms with Crippen LogP contribution in [0.15, 0.2) is 24.3 Å². The summed E-state index contributed by atoms with van der Waals surface area (Å²) in [5, 5.41) is 3.53. The van der Waals surface area contributed by atoms with E-state index in [1.165, 1.54) is 17.7 Å². The third-order valence-electron chi connectivity index (χ3n) is 3.48. The first kappa shape index (κ1) is 18.0. The fourth-order valence-corrected chi connectivity index (χ4v) is 2.44. The van der Waals surface area contributed by atoms with Crippen LogP contribution in [0.3, 0.4) is 0 Å². The molecule has 0 spiro atoms. The zero-order chi connectivity index (χ0) is 15.7. The highest BCUT2D eigenvalue weighted by Gasteiger charge is 2.12. The average molecular weight is 291 g/mol. The molecule has 1 N–H and O–H groups in total. The Morgan fingerprint density at radius 1 is 1.10 bits per heavy atom. The van der Waals surface area contributed by atoms with Crippen molar-refractivity contribution in [3.05, 3.63) is 29.8 Å². The second-order valence-corrected chi connectivity index (χ2v) is 6.45. The molecule has 0 saturated carbocycles. The van der Waals surface area contributed by atoms with Crippen LogP contribution < -0.4 is 10.2 Å². The molecule has 3 nitrogen and oxygen atoms in total. The maximum atomic E-state index is 3.53. The lowest BCUT2D eigenvalue weighted by atomic mass is 10.1. The van der Waals surface area contributed by atoms with Gasteiger partial charge < -0.3 is 15.1 Å². The largest absolute Gasteiger partial charge is 0.370 e. The molecule has 0 atom stereocenters. The molecular weight excluding hydrogens is 258 g/mol. The normalized spacial score (nSPS) is 11.4. The number of benzene rings is 1. The Kier molecular flexibility index (Phi) is 8.40. The van der Waals surface area contributed by atoms with Gasteiger partial charge in [0.2, 0.25) is 0 Å². The first-order valence-corrected chi connectivity index (χ1v) is 8.22. The molecule has 0 fully saturated rings. The number of likely N-dealkylation sites (N-methyl/N-ethyl adjacent to an activating group) is 1. The zero-order valence-electron chi connectivity index (χ0n) is 14.5. The van der Waals surface area contributed by atoms with Crippen LogP contribution in [0.25, 0.3) is 0 Å². The van der Waals surface area contributed by atoms with Gasteiger partial charge in [0, 0.05) is 31.9 Å². The van der Waals surface area contributed by atoms with E-state index in [1.807, 2.05) is 0 Å². The van der Waals surface area contributed by atoms with E-state index in [2.05, 4.69) is 74.2 Å². The van der Waals surface area contributed by atoms with Crippen molar-refractivity contribution in [3.63, 3.8) is 0 Å². The minimum absolute atomic E-state index is 0.670. The van der Waals surface area contributed by atoms with Crippen LogP contribution in [0.4, 0.5) is 5.69 Å². The molecule has 0 unspecified atom stereocenters. The molecule has 0 aliphatic rings. The molecule has 1 aromatic rings. The highest BCUT2D eigenvalue weighted by molar-refractivity contribution is 5.53. The second-order valence-electron chi connectivity index (χ2n) is 6.45. The van der Waals surface area contributed by atoms with Gasteiger partial charge in [-0.2, -0.15) is 0 Å². The van der Waals surface area contributed by atoms with Gasteiger partial charge in [-0.3, -0.25) is 0 Å². The summed E-state index contributed by atoms with van der Waals surface area (Å²) in [5.74, 6) is 0.670. The van der Waals surface area contributed by atoms with Gasteiger partial charge in [0.25, 0.3) is 0 Å². The van der Waals surface area contributed by atoms with E-state index >= 15 is 0 Å². The number of hydrogen-bond acceptors (Lipinski definition) is 3. The third-order valence-corrected chi connectivity index (χ3v) is 3.48. The summed E-state index contributed by atoms with van der Waals surface area (Å²) in [6.07, 6.45) is 1.18. The SMILES string of the molecule is CCCNCc1ccccc1N(CCN(C)C)CC(C)C. The Labute approximate surface area is 131 Å². The van der Waals surface area contributed by atoms with Gasteiger partial charge in [-0.25, -0.2) is 0 Å². The van der Waals surface area contributed by atoms with Crippen LogP contribution in [-0.4, -0.2) is 45.2 Å². The van der Waals surface area contributed by atoms with E-state index in [1.54, 1.807) is 0 Å². The molecule has 3 heteroatoms. The molecule has 21 heavy (non-hydrogen) atoms. The van der Waals surface area contributed by atoms with Crippen molar-refractivity contribution in [2.75, 3.05) is 45.2 Å². The Balaban J connectivity index is 2.83. The molecule has 1 aromatic carbocycles. The fraction of sp³-hybridized carbons (Fsp3) is 0.667. The molecule has 0 aliphatic carbocycles. The lowest BCUT2D eigenvalue weighted by molar-refractivity contribution is 0.408. The minimum atomic E-state index is 0.670. The van der Waals surface area contributed by atoms with Gasteiger partial charge >= 0.3 is 0 Å². The van der Waals surface area contributed by atoms with E-state index in [0.717, 1.165) is 32.7 Å². The van der Waals surface area contributed by atoms with Gasteiger partial charge in [-0.15, -0.1) is 0 Å². The van der Waals surface area contributed by atoms with Crippen LogP contribution in [0.5, 0.6) is 0 Å². The van der Waals surface area contributed by atoms with Crippen LogP contribution >= 0.6 is 0 Å². The molecule has 0 heterocycles. The number of nitrogens with zero attached hydrogens (tertiary/aromatic N) is 2. The fourth-order valence-electron chi connectivity index (χ4n) is 2.44. The van der Waals surface area contributed by atoms with Crippen LogP contribution in [-0.2, 0) is 6.54 Å². The van der Waals surface area contributed by atoms with E-state index < -0.39 is 0 Å². The van der Waals surface area contributed by atoms with Crippen molar-refractivity contribution < 1.29 is 0 Å². The summed E-state index contributed by atoms with van der Waals surface area (Å²) in [5.41, 5.74) is 2.79. The maximum Gasteiger partial charge on any atom is 0.0412 e. The Hall–Kier alpha value is -1.06. The number of para-hydroxylation sites is 1. The summed E-state index contributed by atoms with van der Waals surface area (Å²) in [4.78, 5) is 4.79. The summed E-state index contributed by atoms with van der Waals surface area (Å²) in [6.45, 7) is 12.1. The first-order chi connectivity index (χ1) is 10.0. The second kappa shape index (κ2) is 9.80. The highest BCUT2D eigenvalue weighted by atomic mass is 15.2. The Morgan fingerprint density at radius 2 is 1.81 bits per heavy atom. The van der Waals surface area contributed by atoms with E-state index in [-0.39, 0.29) is 0 Å². The van der Waals surface area contributed by atoms with Gasteiger partial charge in [0.15, 0.2) is 0 Å². The van der Waals surface area contributed by atoms with Crippen LogP contribution in [0, 0.1) is 5.92 Å². The van der Waals surface area contributed by atoms with Gasteiger partial charge in [-0.05, 0) is 44.6 Å². The summed E-state index contributed by atoms with van der Waals surface area (Å²) >= 11 is 0. The number of anilines is 1. The summed E-state index contributed by atoms with van der Waals surface area (Å²) in [6, 6.07) is 8.82. The van der Waals surface area contributed by atoms with Crippen molar-refractivity contribution in [2.45, 2.75) is 33.7 Å². The van der Waals surface area contributed by atoms with Crippen molar-refractivity contribution in [2.24, 2.45) is 5.92 Å². The molecule has 120 valence electrons. The van der Waals surface area contributed by atoms with E-state index in [9.17, 15) is 0 Å². The standard InChI is InChI=1S/C18H33N3/c1-6-11-19-14-17-9-7-8-10-18(17)21(15-16(2)3)13-12-20(4)5/h7-10,16,19H,6,11-15H2,1-5H3. The van der Waals surface area contributed by atoms with Crippen molar-refractivity contribution in [1.29, 1.82) is 0 Å². The quantitative estimate of drug-likeness (QED) is 0.668. The first-order valence-electron chi connectivity index (χ1n) is 8.22. The minimum Gasteiger partial charge on any atom is -0.370 e. The van der Waals surface area contributed by atoms with Crippen LogP contribution in [0.2, 0.25) is 0 Å². The zero-order valence-corrected chi connectivity index (χ0v) is 14.5. The van der Waals surface area contributed by atoms with Crippen LogP contribution in [0.1, 0.15) is 32.8 Å². The van der Waals surface area contributed by atoms with Crippen molar-refractivity contribution in [3.8, 4) is 0 Å². The predicted octanol–water partition coefficient (Wildman–Crippen LogP) is 3.21. The Bertz CT molecular complexity index is 388. The maximum absolute atomic E-state index is 3.53. The van der Waals surface area contributed by atoms with E-state index in [0.29, 0.717) is 5.92 Å². The molecule has 0 bridgehead atoms. The molecule has 0 radical (unpaired) electrons. The molecule has 0 saturated heterocycles. The smallest absolute Gasteiger partial charge is 0.0412 e. The van der Waals surface area contributed by atoms with Crippen molar-refractivity contribution in [1.82, 2.24) is 10.2 Å². The Morgan fingerprint density at radius 3 is 2.43 bits per heavy atom. The highest BCUT2D eigenvalue weighted by Crippen LogP contribution is 2.21. The average Bonchev–Trinajstić information content (AvgIpc) is 2.44. The summed E-state index contributed by atoms with van der Waals surface area (Å²) < 4.78 is 0. The van der Waals surface area contributed by atoms with Gasteiger partial charge in [-0.1, -0.05) is 39.0 Å². The molecule has 0 aliphatic heterocycles. The lowest BCUT2D eigenvalue weighted by Crippen LogP contribution is -2.35. The van der Waals surface area contributed by atoms with Crippen molar-refractivity contribution >= 4 is 5.69 Å². The lowest BCUT2D eigenvalue weighted by Gasteiger charge is -2.30. The van der Waals surface area contributed by atoms with Gasteiger partial charge in [0.05, 0.1) is 0 Å². The predicted molar refractivity (Wildman–Crippen MR) is 94.0 cm³/mol. The molecule has 1 rings (SSSR count). The molecule has 0 aromatic heterocycles. The number of rotatable bonds is 10. The number of hydrogen-bond donors (Lipinski definition) is 1. The monoisotopic (exact) mass is 291 g/mol. The third kappa shape index (κ3) is 6.96. The topological polar surface area (TPSA) is 18.5 Å². The van der Waals surface area contributed by atoms with E-state index in [4.69, 9.17) is 0 Å².